The molecule has 0 radical (unpaired) electrons. The number of allylic oxidation sites excluding steroid dienone is 1. The predicted molar refractivity (Wildman–Crippen MR) is 297 cm³/mol. The summed E-state index contributed by atoms with van der Waals surface area (Å²) in [6, 6.07) is 32.9. The Morgan fingerprint density at radius 2 is 0.899 bits per heavy atom. The number of aliphatic hydroxyl groups is 1. The summed E-state index contributed by atoms with van der Waals surface area (Å²) in [4.78, 5) is 8.83. The van der Waals surface area contributed by atoms with Crippen LogP contribution < -0.4 is 18.9 Å². The Bertz CT molecular complexity index is 1930. The van der Waals surface area contributed by atoms with Crippen molar-refractivity contribution in [3.05, 3.63) is 125 Å². The molecule has 2 unspecified atom stereocenters. The van der Waals surface area contributed by atoms with E-state index in [-0.39, 0.29) is 5.92 Å². The third-order valence-corrected chi connectivity index (χ3v) is 13.1. The molecule has 0 aliphatic carbocycles. The van der Waals surface area contributed by atoms with Crippen LogP contribution >= 0.6 is 0 Å². The molecule has 1 N–H and O–H groups in total. The van der Waals surface area contributed by atoms with E-state index in [1.54, 1.807) is 28.4 Å². The largest absolute Gasteiger partial charge is 0.497 e. The maximum absolute atomic E-state index is 10.9. The average Bonchev–Trinajstić information content (AvgIpc) is 3.32. The molecule has 0 saturated carbocycles. The zero-order valence-corrected chi connectivity index (χ0v) is 47.1. The van der Waals surface area contributed by atoms with Crippen LogP contribution in [0, 0.1) is 23.7 Å². The van der Waals surface area contributed by atoms with E-state index in [1.165, 1.54) is 35.1 Å². The topological polar surface area (TPSA) is 70.1 Å². The number of methoxy groups -OCH3 is 4. The fourth-order valence-corrected chi connectivity index (χ4v) is 9.70. The van der Waals surface area contributed by atoms with Crippen LogP contribution in [0.3, 0.4) is 0 Å². The summed E-state index contributed by atoms with van der Waals surface area (Å²) < 4.78 is 21.1. The molecule has 69 heavy (non-hydrogen) atoms. The van der Waals surface area contributed by atoms with Crippen molar-refractivity contribution in [2.24, 2.45) is 23.7 Å². The summed E-state index contributed by atoms with van der Waals surface area (Å²) >= 11 is 0. The molecule has 4 aromatic carbocycles. The Morgan fingerprint density at radius 1 is 0.522 bits per heavy atom. The van der Waals surface area contributed by atoms with Crippen molar-refractivity contribution >= 4 is 5.57 Å². The first-order chi connectivity index (χ1) is 32.7. The summed E-state index contributed by atoms with van der Waals surface area (Å²) in [6.45, 7) is 21.8. The molecule has 0 aromatic heterocycles. The van der Waals surface area contributed by atoms with Gasteiger partial charge in [-0.3, -0.25) is 0 Å². The van der Waals surface area contributed by atoms with Crippen LogP contribution in [0.5, 0.6) is 23.0 Å². The van der Waals surface area contributed by atoms with Gasteiger partial charge in [0.05, 0.1) is 34.0 Å². The van der Waals surface area contributed by atoms with E-state index in [9.17, 15) is 5.11 Å². The van der Waals surface area contributed by atoms with Gasteiger partial charge in [-0.15, -0.1) is 0 Å². The predicted octanol–water partition coefficient (Wildman–Crippen LogP) is 12.6. The minimum atomic E-state index is -0.807. The molecular weight excluding hydrogens is 857 g/mol. The van der Waals surface area contributed by atoms with E-state index in [0.717, 1.165) is 54.7 Å². The van der Waals surface area contributed by atoms with Gasteiger partial charge in [0.15, 0.2) is 0 Å². The lowest BCUT2D eigenvalue weighted by Crippen LogP contribution is -2.38. The highest BCUT2D eigenvalue weighted by Gasteiger charge is 2.34. The van der Waals surface area contributed by atoms with Crippen LogP contribution in [0.2, 0.25) is 0 Å². The highest BCUT2D eigenvalue weighted by atomic mass is 16.5. The first-order valence-electron chi connectivity index (χ1n) is 25.2. The third kappa shape index (κ3) is 22.1. The van der Waals surface area contributed by atoms with E-state index in [2.05, 4.69) is 165 Å². The minimum Gasteiger partial charge on any atom is -0.497 e. The molecule has 0 amide bonds. The zero-order chi connectivity index (χ0) is 52.3. The van der Waals surface area contributed by atoms with Crippen LogP contribution in [0.1, 0.15) is 109 Å². The van der Waals surface area contributed by atoms with Gasteiger partial charge >= 0.3 is 0 Å². The van der Waals surface area contributed by atoms with E-state index in [1.807, 2.05) is 69.6 Å². The molecule has 0 aliphatic heterocycles. The van der Waals surface area contributed by atoms with Crippen LogP contribution in [0.15, 0.2) is 103 Å². The fourth-order valence-electron chi connectivity index (χ4n) is 9.70. The van der Waals surface area contributed by atoms with Crippen LogP contribution in [0.4, 0.5) is 0 Å². The van der Waals surface area contributed by atoms with Gasteiger partial charge in [0, 0.05) is 32.1 Å². The number of ether oxygens (including phenoxy) is 4. The smallest absolute Gasteiger partial charge is 0.119 e. The Kier molecular flexibility index (Phi) is 30.2. The lowest BCUT2D eigenvalue weighted by molar-refractivity contribution is -0.0293. The highest BCUT2D eigenvalue weighted by molar-refractivity contribution is 5.68. The average molecular weight is 955 g/mol. The molecule has 4 rings (SSSR count). The van der Waals surface area contributed by atoms with Crippen LogP contribution in [0.25, 0.3) is 5.57 Å². The van der Waals surface area contributed by atoms with Crippen molar-refractivity contribution in [1.82, 2.24) is 19.6 Å². The molecule has 0 heterocycles. The number of nitrogens with zero attached hydrogens (tertiary/aromatic N) is 4. The quantitative estimate of drug-likeness (QED) is 0.0783. The second-order valence-corrected chi connectivity index (χ2v) is 19.9. The molecule has 0 fully saturated rings. The molecule has 4 aromatic rings. The Morgan fingerprint density at radius 3 is 1.26 bits per heavy atom. The monoisotopic (exact) mass is 955 g/mol. The normalized spacial score (nSPS) is 14.9. The molecule has 0 bridgehead atoms. The molecule has 388 valence electrons. The molecular formula is C60H98N4O5. The fraction of sp³-hybridized carbons (Fsp3) is 0.567. The van der Waals surface area contributed by atoms with E-state index in [0.29, 0.717) is 36.0 Å². The molecule has 0 spiro atoms. The van der Waals surface area contributed by atoms with Crippen molar-refractivity contribution < 1.29 is 24.1 Å². The minimum absolute atomic E-state index is 0.157. The van der Waals surface area contributed by atoms with Gasteiger partial charge < -0.3 is 43.7 Å². The second kappa shape index (κ2) is 33.2. The summed E-state index contributed by atoms with van der Waals surface area (Å²) in [5, 5.41) is 10.9. The van der Waals surface area contributed by atoms with E-state index >= 15 is 0 Å². The van der Waals surface area contributed by atoms with Gasteiger partial charge in [-0.1, -0.05) is 103 Å². The van der Waals surface area contributed by atoms with Gasteiger partial charge in [0.25, 0.3) is 0 Å². The first kappa shape index (κ1) is 62.6. The van der Waals surface area contributed by atoms with Crippen LogP contribution in [-0.4, -0.2) is 136 Å². The zero-order valence-electron chi connectivity index (χ0n) is 47.1. The standard InChI is InChI=1S/C15H25NO2.2C15H25NO.C15H23NO/c1-6-15(17,12(2)11-16(3)4)13-8-7-9-14(10-13)18-5;3*1-6-15(12(2)11-16(3)4)13-8-7-9-14(10-13)17-5/h7-10,12,17H,6,11H2,1-5H3;2*7-10,12,15H,6,11H2,1-5H3;6-10,12H,11H2,1-5H3/t2*12-,15?;12-,15+;12-/m0000/s1. The number of hydrogen-bond donors (Lipinski definition) is 1. The van der Waals surface area contributed by atoms with Crippen molar-refractivity contribution in [3.8, 4) is 23.0 Å². The van der Waals surface area contributed by atoms with Gasteiger partial charge in [-0.2, -0.15) is 0 Å². The molecule has 9 nitrogen and oxygen atoms in total. The van der Waals surface area contributed by atoms with Crippen molar-refractivity contribution in [2.75, 3.05) is 111 Å². The van der Waals surface area contributed by atoms with Crippen LogP contribution in [-0.2, 0) is 5.60 Å². The Labute approximate surface area is 422 Å². The Balaban J connectivity index is 0.000000460. The maximum atomic E-state index is 10.9. The number of hydrogen-bond acceptors (Lipinski definition) is 9. The lowest BCUT2D eigenvalue weighted by atomic mass is 9.80. The van der Waals surface area contributed by atoms with E-state index in [4.69, 9.17) is 18.9 Å². The van der Waals surface area contributed by atoms with Gasteiger partial charge in [0.1, 0.15) is 23.0 Å². The summed E-state index contributed by atoms with van der Waals surface area (Å²) in [7, 11) is 23.6. The summed E-state index contributed by atoms with van der Waals surface area (Å²) in [5.74, 6) is 6.81. The van der Waals surface area contributed by atoms with E-state index < -0.39 is 5.60 Å². The molecule has 0 saturated heterocycles. The number of rotatable bonds is 23. The Hall–Kier alpha value is -4.38. The van der Waals surface area contributed by atoms with Crippen molar-refractivity contribution in [2.45, 2.75) is 92.1 Å². The first-order valence-corrected chi connectivity index (χ1v) is 25.2. The third-order valence-electron chi connectivity index (χ3n) is 13.1. The second-order valence-electron chi connectivity index (χ2n) is 19.9. The van der Waals surface area contributed by atoms with Gasteiger partial charge in [0.2, 0.25) is 0 Å². The van der Waals surface area contributed by atoms with Gasteiger partial charge in [-0.05, 0) is 189 Å². The molecule has 7 atom stereocenters. The molecule has 0 aliphatic rings. The van der Waals surface area contributed by atoms with Crippen molar-refractivity contribution in [1.29, 1.82) is 0 Å². The van der Waals surface area contributed by atoms with Gasteiger partial charge in [-0.25, -0.2) is 0 Å². The maximum Gasteiger partial charge on any atom is 0.119 e. The number of benzene rings is 4. The lowest BCUT2D eigenvalue weighted by Gasteiger charge is -2.35. The SMILES string of the molecule is CC=C(c1cccc(OC)c1)[C@@H](C)CN(C)C.CCC(O)(c1cccc(OC)c1)[C@@H](C)CN(C)C.CCC(c1cccc(OC)c1)[C@@H](C)CN(C)C.CC[C@@H](c1cccc(OC)c1)[C@@H](C)CN(C)C. The highest BCUT2D eigenvalue weighted by Crippen LogP contribution is 2.36. The summed E-state index contributed by atoms with van der Waals surface area (Å²) in [5.41, 5.74) is 5.53. The van der Waals surface area contributed by atoms with Crippen molar-refractivity contribution in [3.63, 3.8) is 0 Å². The summed E-state index contributed by atoms with van der Waals surface area (Å²) in [6.07, 6.45) is 5.22. The molecule has 9 heteroatoms.